The minimum Gasteiger partial charge on any atom is -0.338 e. The highest BCUT2D eigenvalue weighted by atomic mass is 16.2. The van der Waals surface area contributed by atoms with Crippen LogP contribution < -0.4 is 21.3 Å². The summed E-state index contributed by atoms with van der Waals surface area (Å²) in [6.45, 7) is 2.41. The van der Waals surface area contributed by atoms with Gasteiger partial charge in [0.05, 0.1) is 0 Å². The molecule has 33 heavy (non-hydrogen) atoms. The third kappa shape index (κ3) is 13.8. The van der Waals surface area contributed by atoms with E-state index in [9.17, 15) is 9.59 Å². The fraction of sp³-hybridized carbons (Fsp3) is 0.520. The quantitative estimate of drug-likeness (QED) is 0.284. The Bertz CT molecular complexity index is 707. The molecule has 4 N–H and O–H groups in total. The van der Waals surface area contributed by atoms with Gasteiger partial charge in [-0.15, -0.1) is 0 Å². The van der Waals surface area contributed by atoms with Crippen LogP contribution in [0.5, 0.6) is 0 Å². The number of pyridine rings is 2. The monoisotopic (exact) mass is 454 g/mol. The van der Waals surface area contributed by atoms with Crippen LogP contribution >= 0.6 is 0 Å². The van der Waals surface area contributed by atoms with E-state index in [1.165, 1.54) is 32.1 Å². The maximum absolute atomic E-state index is 11.8. The highest BCUT2D eigenvalue weighted by molar-refractivity contribution is 5.74. The number of carbonyl (C=O) groups is 2. The first-order valence-corrected chi connectivity index (χ1v) is 12.1. The summed E-state index contributed by atoms with van der Waals surface area (Å²) in [7, 11) is 0. The van der Waals surface area contributed by atoms with Crippen molar-refractivity contribution in [1.29, 1.82) is 0 Å². The van der Waals surface area contributed by atoms with Crippen LogP contribution in [0.2, 0.25) is 0 Å². The molecule has 8 heteroatoms. The molecule has 4 amide bonds. The van der Waals surface area contributed by atoms with Crippen LogP contribution in [0.3, 0.4) is 0 Å². The summed E-state index contributed by atoms with van der Waals surface area (Å²) in [5.74, 6) is 0. The van der Waals surface area contributed by atoms with Gasteiger partial charge in [-0.1, -0.05) is 57.1 Å². The van der Waals surface area contributed by atoms with E-state index < -0.39 is 0 Å². The van der Waals surface area contributed by atoms with Crippen LogP contribution in [0.4, 0.5) is 9.59 Å². The molecule has 0 aromatic carbocycles. The fourth-order valence-corrected chi connectivity index (χ4v) is 3.39. The largest absolute Gasteiger partial charge is 0.338 e. The maximum Gasteiger partial charge on any atom is 0.315 e. The first-order chi connectivity index (χ1) is 16.2. The van der Waals surface area contributed by atoms with Gasteiger partial charge in [-0.25, -0.2) is 9.59 Å². The van der Waals surface area contributed by atoms with E-state index in [4.69, 9.17) is 0 Å². The second-order valence-electron chi connectivity index (χ2n) is 8.12. The van der Waals surface area contributed by atoms with E-state index in [2.05, 4.69) is 31.2 Å². The summed E-state index contributed by atoms with van der Waals surface area (Å²) in [4.78, 5) is 31.6. The summed E-state index contributed by atoms with van der Waals surface area (Å²) >= 11 is 0. The molecule has 8 nitrogen and oxygen atoms in total. The van der Waals surface area contributed by atoms with Gasteiger partial charge in [0, 0.05) is 51.0 Å². The third-order valence-electron chi connectivity index (χ3n) is 5.28. The number of urea groups is 2. The molecule has 0 atom stereocenters. The maximum atomic E-state index is 11.8. The van der Waals surface area contributed by atoms with Gasteiger partial charge in [0.25, 0.3) is 0 Å². The van der Waals surface area contributed by atoms with Gasteiger partial charge in [-0.05, 0) is 36.1 Å². The highest BCUT2D eigenvalue weighted by Gasteiger charge is 2.01. The zero-order valence-electron chi connectivity index (χ0n) is 19.5. The van der Waals surface area contributed by atoms with Crippen LogP contribution in [0.15, 0.2) is 49.1 Å². The molecular weight excluding hydrogens is 416 g/mol. The lowest BCUT2D eigenvalue weighted by Crippen LogP contribution is -2.35. The van der Waals surface area contributed by atoms with Crippen molar-refractivity contribution in [3.63, 3.8) is 0 Å². The van der Waals surface area contributed by atoms with Crippen molar-refractivity contribution in [3.05, 3.63) is 60.2 Å². The lowest BCUT2D eigenvalue weighted by atomic mass is 10.1. The van der Waals surface area contributed by atoms with Gasteiger partial charge in [0.1, 0.15) is 0 Å². The molecule has 0 saturated heterocycles. The number of carbonyl (C=O) groups excluding carboxylic acids is 2. The van der Waals surface area contributed by atoms with Gasteiger partial charge >= 0.3 is 12.1 Å². The molecule has 2 rings (SSSR count). The molecule has 0 spiro atoms. The number of nitrogens with one attached hydrogen (secondary N) is 4. The lowest BCUT2D eigenvalue weighted by Gasteiger charge is -2.08. The molecule has 0 unspecified atom stereocenters. The standard InChI is InChI=1S/C25H38N6O2/c32-24(30-20-22-12-10-14-26-18-22)28-16-8-6-4-2-1-3-5-7-9-17-29-25(33)31-21-23-13-11-15-27-19-23/h10-15,18-19H,1-9,16-17,20-21H2,(H2,28,30,32)(H2,29,31,33). The minimum atomic E-state index is -0.126. The number of unbranched alkanes of at least 4 members (excludes halogenated alkanes) is 8. The Balaban J connectivity index is 1.29. The molecule has 0 radical (unpaired) electrons. The summed E-state index contributed by atoms with van der Waals surface area (Å²) in [5, 5.41) is 11.5. The summed E-state index contributed by atoms with van der Waals surface area (Å²) in [5.41, 5.74) is 1.98. The topological polar surface area (TPSA) is 108 Å². The van der Waals surface area contributed by atoms with Crippen molar-refractivity contribution in [2.24, 2.45) is 0 Å². The van der Waals surface area contributed by atoms with E-state index >= 15 is 0 Å². The Morgan fingerprint density at radius 2 is 0.970 bits per heavy atom. The Kier molecular flexibility index (Phi) is 13.8. The van der Waals surface area contributed by atoms with Crippen molar-refractivity contribution >= 4 is 12.1 Å². The number of hydrogen-bond acceptors (Lipinski definition) is 4. The van der Waals surface area contributed by atoms with Crippen LogP contribution in [-0.2, 0) is 13.1 Å². The smallest absolute Gasteiger partial charge is 0.315 e. The zero-order chi connectivity index (χ0) is 23.4. The van der Waals surface area contributed by atoms with Crippen molar-refractivity contribution in [3.8, 4) is 0 Å². The number of rotatable bonds is 16. The van der Waals surface area contributed by atoms with Crippen molar-refractivity contribution in [2.45, 2.75) is 70.9 Å². The number of amides is 4. The molecular formula is C25H38N6O2. The zero-order valence-corrected chi connectivity index (χ0v) is 19.5. The number of hydrogen-bond donors (Lipinski definition) is 4. The minimum absolute atomic E-state index is 0.126. The molecule has 0 bridgehead atoms. The van der Waals surface area contributed by atoms with Gasteiger partial charge < -0.3 is 21.3 Å². The second-order valence-corrected chi connectivity index (χ2v) is 8.12. The first-order valence-electron chi connectivity index (χ1n) is 12.1. The molecule has 0 aliphatic rings. The molecule has 0 fully saturated rings. The van der Waals surface area contributed by atoms with Gasteiger partial charge in [0.15, 0.2) is 0 Å². The van der Waals surface area contributed by atoms with Crippen molar-refractivity contribution in [1.82, 2.24) is 31.2 Å². The molecule has 2 aromatic heterocycles. The van der Waals surface area contributed by atoms with Crippen LogP contribution in [0, 0.1) is 0 Å². The SMILES string of the molecule is O=C(NCCCCCCCCCCCNC(=O)NCc1cccnc1)NCc1cccnc1. The van der Waals surface area contributed by atoms with E-state index in [0.29, 0.717) is 26.2 Å². The second kappa shape index (κ2) is 17.4. The third-order valence-corrected chi connectivity index (χ3v) is 5.28. The first kappa shape index (κ1) is 26.1. The fourth-order valence-electron chi connectivity index (χ4n) is 3.39. The Morgan fingerprint density at radius 1 is 0.576 bits per heavy atom. The predicted octanol–water partition coefficient (Wildman–Crippen LogP) is 4.29. The normalized spacial score (nSPS) is 10.4. The summed E-state index contributed by atoms with van der Waals surface area (Å²) < 4.78 is 0. The van der Waals surface area contributed by atoms with E-state index in [-0.39, 0.29) is 12.1 Å². The molecule has 2 heterocycles. The summed E-state index contributed by atoms with van der Waals surface area (Å²) in [6, 6.07) is 7.35. The highest BCUT2D eigenvalue weighted by Crippen LogP contribution is 2.09. The lowest BCUT2D eigenvalue weighted by molar-refractivity contribution is 0.239. The molecule has 180 valence electrons. The van der Waals surface area contributed by atoms with Gasteiger partial charge in [-0.2, -0.15) is 0 Å². The number of nitrogens with zero attached hydrogens (tertiary/aromatic N) is 2. The van der Waals surface area contributed by atoms with Crippen molar-refractivity contribution < 1.29 is 9.59 Å². The van der Waals surface area contributed by atoms with Gasteiger partial charge in [-0.3, -0.25) is 9.97 Å². The molecule has 0 saturated carbocycles. The predicted molar refractivity (Wildman–Crippen MR) is 131 cm³/mol. The number of aromatic nitrogens is 2. The van der Waals surface area contributed by atoms with E-state index in [1.54, 1.807) is 24.8 Å². The molecule has 0 aliphatic carbocycles. The van der Waals surface area contributed by atoms with E-state index in [1.807, 2.05) is 24.3 Å². The average molecular weight is 455 g/mol. The van der Waals surface area contributed by atoms with Gasteiger partial charge in [0.2, 0.25) is 0 Å². The van der Waals surface area contributed by atoms with Crippen LogP contribution in [0.1, 0.15) is 68.9 Å². The average Bonchev–Trinajstić information content (AvgIpc) is 2.85. The summed E-state index contributed by atoms with van der Waals surface area (Å²) in [6.07, 6.45) is 17.4. The Morgan fingerprint density at radius 3 is 1.33 bits per heavy atom. The Hall–Kier alpha value is -3.16. The molecule has 0 aliphatic heterocycles. The molecule has 2 aromatic rings. The van der Waals surface area contributed by atoms with Crippen LogP contribution in [0.25, 0.3) is 0 Å². The van der Waals surface area contributed by atoms with Crippen molar-refractivity contribution in [2.75, 3.05) is 13.1 Å². The van der Waals surface area contributed by atoms with Crippen LogP contribution in [-0.4, -0.2) is 35.1 Å². The Labute approximate surface area is 197 Å². The van der Waals surface area contributed by atoms with E-state index in [0.717, 1.165) is 36.8 Å².